The van der Waals surface area contributed by atoms with Gasteiger partial charge in [-0.1, -0.05) is 6.92 Å². The van der Waals surface area contributed by atoms with E-state index in [0.717, 1.165) is 18.9 Å². The van der Waals surface area contributed by atoms with Crippen LogP contribution in [0, 0.1) is 11.7 Å². The van der Waals surface area contributed by atoms with Gasteiger partial charge < -0.3 is 10.0 Å². The van der Waals surface area contributed by atoms with E-state index in [2.05, 4.69) is 6.92 Å². The second-order valence-corrected chi connectivity index (χ2v) is 5.14. The van der Waals surface area contributed by atoms with Crippen molar-refractivity contribution in [2.45, 2.75) is 32.7 Å². The number of phenolic OH excluding ortho intramolecular Hbond substituents is 1. The van der Waals surface area contributed by atoms with Crippen LogP contribution in [0.5, 0.6) is 5.75 Å². The number of carbonyl (C=O) groups excluding carboxylic acids is 1. The lowest BCUT2D eigenvalue weighted by Crippen LogP contribution is -2.44. The van der Waals surface area contributed by atoms with Crippen LogP contribution in [-0.2, 0) is 0 Å². The molecule has 2 rings (SSSR count). The molecule has 1 aromatic rings. The molecule has 0 spiro atoms. The van der Waals surface area contributed by atoms with Crippen LogP contribution in [0.15, 0.2) is 18.2 Å². The second kappa shape index (κ2) is 4.96. The van der Waals surface area contributed by atoms with Gasteiger partial charge in [-0.3, -0.25) is 4.79 Å². The molecule has 1 fully saturated rings. The van der Waals surface area contributed by atoms with Crippen molar-refractivity contribution in [3.63, 3.8) is 0 Å². The first-order chi connectivity index (χ1) is 8.49. The van der Waals surface area contributed by atoms with E-state index in [0.29, 0.717) is 12.5 Å². The Bertz CT molecular complexity index is 461. The van der Waals surface area contributed by atoms with E-state index in [1.165, 1.54) is 12.1 Å². The van der Waals surface area contributed by atoms with Crippen molar-refractivity contribution in [2.75, 3.05) is 6.54 Å². The number of phenols is 1. The standard InChI is InChI=1S/C14H18FNO2/c1-9-5-6-16(10(2)7-9)14(18)12-4-3-11(17)8-13(12)15/h3-4,8-10,17H,5-7H2,1-2H3. The number of hydrogen-bond acceptors (Lipinski definition) is 2. The van der Waals surface area contributed by atoms with Crippen molar-refractivity contribution in [2.24, 2.45) is 5.92 Å². The van der Waals surface area contributed by atoms with Crippen LogP contribution >= 0.6 is 0 Å². The molecule has 2 atom stereocenters. The highest BCUT2D eigenvalue weighted by Crippen LogP contribution is 2.25. The van der Waals surface area contributed by atoms with Gasteiger partial charge in [-0.15, -0.1) is 0 Å². The third-order valence-corrected chi connectivity index (χ3v) is 3.58. The number of amides is 1. The number of halogens is 1. The van der Waals surface area contributed by atoms with E-state index in [-0.39, 0.29) is 23.3 Å². The van der Waals surface area contributed by atoms with Gasteiger partial charge in [-0.2, -0.15) is 0 Å². The molecule has 1 amide bonds. The molecule has 3 nitrogen and oxygen atoms in total. The molecular formula is C14H18FNO2. The number of rotatable bonds is 1. The molecule has 1 aliphatic rings. The average Bonchev–Trinajstić information content (AvgIpc) is 2.28. The van der Waals surface area contributed by atoms with Gasteiger partial charge in [-0.25, -0.2) is 4.39 Å². The molecule has 1 saturated heterocycles. The van der Waals surface area contributed by atoms with Crippen molar-refractivity contribution < 1.29 is 14.3 Å². The zero-order chi connectivity index (χ0) is 13.3. The van der Waals surface area contributed by atoms with Gasteiger partial charge in [0.25, 0.3) is 5.91 Å². The Hall–Kier alpha value is -1.58. The summed E-state index contributed by atoms with van der Waals surface area (Å²) in [6, 6.07) is 3.80. The summed E-state index contributed by atoms with van der Waals surface area (Å²) in [4.78, 5) is 14.0. The molecule has 1 heterocycles. The Balaban J connectivity index is 2.20. The molecule has 0 bridgehead atoms. The summed E-state index contributed by atoms with van der Waals surface area (Å²) in [5, 5.41) is 9.15. The quantitative estimate of drug-likeness (QED) is 0.833. The maximum atomic E-state index is 13.7. The number of hydrogen-bond donors (Lipinski definition) is 1. The molecule has 1 aromatic carbocycles. The van der Waals surface area contributed by atoms with E-state index in [1.807, 2.05) is 6.92 Å². The van der Waals surface area contributed by atoms with Crippen LogP contribution in [0.1, 0.15) is 37.0 Å². The van der Waals surface area contributed by atoms with Gasteiger partial charge in [-0.05, 0) is 37.8 Å². The van der Waals surface area contributed by atoms with Crippen LogP contribution in [0.3, 0.4) is 0 Å². The third-order valence-electron chi connectivity index (χ3n) is 3.58. The number of likely N-dealkylation sites (tertiary alicyclic amines) is 1. The fourth-order valence-electron chi connectivity index (χ4n) is 2.54. The largest absolute Gasteiger partial charge is 0.508 e. The van der Waals surface area contributed by atoms with Gasteiger partial charge in [0.15, 0.2) is 0 Å². The van der Waals surface area contributed by atoms with Gasteiger partial charge in [0.2, 0.25) is 0 Å². The highest BCUT2D eigenvalue weighted by atomic mass is 19.1. The number of carbonyl (C=O) groups is 1. The Morgan fingerprint density at radius 1 is 1.44 bits per heavy atom. The fourth-order valence-corrected chi connectivity index (χ4v) is 2.54. The SMILES string of the molecule is CC1CCN(C(=O)c2ccc(O)cc2F)C(C)C1. The van der Waals surface area contributed by atoms with Gasteiger partial charge in [0, 0.05) is 18.7 Å². The average molecular weight is 251 g/mol. The number of aromatic hydroxyl groups is 1. The molecule has 0 aromatic heterocycles. The Morgan fingerprint density at radius 2 is 2.17 bits per heavy atom. The van der Waals surface area contributed by atoms with Gasteiger partial charge in [0.05, 0.1) is 5.56 Å². The maximum Gasteiger partial charge on any atom is 0.257 e. The lowest BCUT2D eigenvalue weighted by molar-refractivity contribution is 0.0584. The molecule has 4 heteroatoms. The highest BCUT2D eigenvalue weighted by molar-refractivity contribution is 5.94. The minimum Gasteiger partial charge on any atom is -0.508 e. The molecule has 0 saturated carbocycles. The maximum absolute atomic E-state index is 13.7. The minimum atomic E-state index is -0.661. The van der Waals surface area contributed by atoms with Crippen LogP contribution < -0.4 is 0 Å². The summed E-state index contributed by atoms with van der Waals surface area (Å²) in [7, 11) is 0. The summed E-state index contributed by atoms with van der Waals surface area (Å²) in [6.45, 7) is 4.83. The van der Waals surface area contributed by atoms with Crippen molar-refractivity contribution in [1.29, 1.82) is 0 Å². The van der Waals surface area contributed by atoms with E-state index < -0.39 is 5.82 Å². The summed E-state index contributed by atoms with van der Waals surface area (Å²) in [5.74, 6) is -0.504. The Morgan fingerprint density at radius 3 is 2.78 bits per heavy atom. The fraction of sp³-hybridized carbons (Fsp3) is 0.500. The van der Waals surface area contributed by atoms with Crippen LogP contribution in [0.25, 0.3) is 0 Å². The molecule has 0 radical (unpaired) electrons. The van der Waals surface area contributed by atoms with Crippen LogP contribution in [0.4, 0.5) is 4.39 Å². The summed E-state index contributed by atoms with van der Waals surface area (Å²) in [6.07, 6.45) is 1.90. The third kappa shape index (κ3) is 2.47. The van der Waals surface area contributed by atoms with E-state index >= 15 is 0 Å². The van der Waals surface area contributed by atoms with Gasteiger partial charge >= 0.3 is 0 Å². The first-order valence-electron chi connectivity index (χ1n) is 6.28. The van der Waals surface area contributed by atoms with Crippen molar-refractivity contribution in [3.05, 3.63) is 29.6 Å². The summed E-state index contributed by atoms with van der Waals surface area (Å²) < 4.78 is 13.7. The second-order valence-electron chi connectivity index (χ2n) is 5.14. The van der Waals surface area contributed by atoms with E-state index in [1.54, 1.807) is 4.90 Å². The smallest absolute Gasteiger partial charge is 0.257 e. The molecule has 18 heavy (non-hydrogen) atoms. The summed E-state index contributed by atoms with van der Waals surface area (Å²) in [5.41, 5.74) is 0.0363. The molecule has 1 aliphatic heterocycles. The molecular weight excluding hydrogens is 233 g/mol. The number of nitrogens with zero attached hydrogens (tertiary/aromatic N) is 1. The first-order valence-corrected chi connectivity index (χ1v) is 6.28. The minimum absolute atomic E-state index is 0.0363. The Labute approximate surface area is 106 Å². The van der Waals surface area contributed by atoms with Gasteiger partial charge in [0.1, 0.15) is 11.6 Å². The molecule has 1 N–H and O–H groups in total. The normalized spacial score (nSPS) is 24.1. The summed E-state index contributed by atoms with van der Waals surface area (Å²) >= 11 is 0. The lowest BCUT2D eigenvalue weighted by Gasteiger charge is -2.36. The molecule has 2 unspecified atom stereocenters. The highest BCUT2D eigenvalue weighted by Gasteiger charge is 2.28. The zero-order valence-corrected chi connectivity index (χ0v) is 10.7. The van der Waals surface area contributed by atoms with E-state index in [4.69, 9.17) is 5.11 Å². The topological polar surface area (TPSA) is 40.5 Å². The van der Waals surface area contributed by atoms with Crippen LogP contribution in [0.2, 0.25) is 0 Å². The zero-order valence-electron chi connectivity index (χ0n) is 10.7. The van der Waals surface area contributed by atoms with Crippen molar-refractivity contribution in [1.82, 2.24) is 4.90 Å². The molecule has 98 valence electrons. The number of piperidine rings is 1. The molecule has 0 aliphatic carbocycles. The van der Waals surface area contributed by atoms with Crippen molar-refractivity contribution >= 4 is 5.91 Å². The first kappa shape index (κ1) is 12.9. The van der Waals surface area contributed by atoms with E-state index in [9.17, 15) is 9.18 Å². The predicted molar refractivity (Wildman–Crippen MR) is 67.0 cm³/mol. The lowest BCUT2D eigenvalue weighted by atomic mass is 9.93. The predicted octanol–water partition coefficient (Wildman–Crippen LogP) is 2.79. The van der Waals surface area contributed by atoms with Crippen molar-refractivity contribution in [3.8, 4) is 5.75 Å². The monoisotopic (exact) mass is 251 g/mol. The Kier molecular flexibility index (Phi) is 3.55. The van der Waals surface area contributed by atoms with Crippen LogP contribution in [-0.4, -0.2) is 28.5 Å². The number of benzene rings is 1.